The molecule has 1 heterocycles. The second kappa shape index (κ2) is 3.22. The van der Waals surface area contributed by atoms with Crippen molar-refractivity contribution in [3.05, 3.63) is 0 Å². The van der Waals surface area contributed by atoms with Crippen molar-refractivity contribution in [2.45, 2.75) is 39.4 Å². The van der Waals surface area contributed by atoms with Gasteiger partial charge in [0.25, 0.3) is 0 Å². The molecule has 1 aliphatic heterocycles. The lowest BCUT2D eigenvalue weighted by atomic mass is 10.3. The first-order valence-corrected chi connectivity index (χ1v) is 4.27. The molecule has 64 valence electrons. The van der Waals surface area contributed by atoms with Gasteiger partial charge in [-0.05, 0) is 20.3 Å². The minimum absolute atomic E-state index is 0.0138. The van der Waals surface area contributed by atoms with Gasteiger partial charge in [-0.25, -0.2) is 0 Å². The normalized spacial score (nSPS) is 31.5. The summed E-state index contributed by atoms with van der Waals surface area (Å²) in [5.74, 6) is 0.236. The summed E-state index contributed by atoms with van der Waals surface area (Å²) in [6.45, 7) is 6.83. The number of nitrogens with zero attached hydrogens (tertiary/aromatic N) is 1. The van der Waals surface area contributed by atoms with E-state index in [-0.39, 0.29) is 18.1 Å². The average Bonchev–Trinajstić information content (AvgIpc) is 2.28. The van der Waals surface area contributed by atoms with Crippen LogP contribution < -0.4 is 5.32 Å². The van der Waals surface area contributed by atoms with E-state index >= 15 is 0 Å². The Labute approximate surface area is 67.8 Å². The zero-order valence-corrected chi connectivity index (χ0v) is 7.42. The highest BCUT2D eigenvalue weighted by Crippen LogP contribution is 2.11. The van der Waals surface area contributed by atoms with Crippen molar-refractivity contribution >= 4 is 5.91 Å². The van der Waals surface area contributed by atoms with Gasteiger partial charge in [0.05, 0.1) is 12.2 Å². The Hall–Kier alpha value is -0.570. The maximum Gasteiger partial charge on any atom is 0.240 e. The fourth-order valence-corrected chi connectivity index (χ4v) is 1.57. The lowest BCUT2D eigenvalue weighted by molar-refractivity contribution is -0.129. The van der Waals surface area contributed by atoms with E-state index in [1.165, 1.54) is 0 Å². The van der Waals surface area contributed by atoms with Crippen molar-refractivity contribution in [3.8, 4) is 0 Å². The molecule has 2 unspecified atom stereocenters. The number of rotatable bonds is 2. The third-order valence-electron chi connectivity index (χ3n) is 2.20. The quantitative estimate of drug-likeness (QED) is 0.633. The van der Waals surface area contributed by atoms with E-state index in [0.717, 1.165) is 13.0 Å². The third kappa shape index (κ3) is 1.38. The van der Waals surface area contributed by atoms with Gasteiger partial charge in [-0.1, -0.05) is 6.92 Å². The first-order valence-electron chi connectivity index (χ1n) is 4.27. The molecule has 0 saturated carbocycles. The van der Waals surface area contributed by atoms with Gasteiger partial charge in [0.1, 0.15) is 0 Å². The van der Waals surface area contributed by atoms with Gasteiger partial charge < -0.3 is 4.90 Å². The summed E-state index contributed by atoms with van der Waals surface area (Å²) in [6, 6.07) is 0.0138. The molecule has 1 fully saturated rings. The molecule has 3 heteroatoms. The van der Waals surface area contributed by atoms with Crippen LogP contribution in [0.25, 0.3) is 0 Å². The Balaban J connectivity index is 2.64. The van der Waals surface area contributed by atoms with Gasteiger partial charge in [-0.2, -0.15) is 0 Å². The number of carbonyl (C=O) groups is 1. The molecule has 3 nitrogen and oxygen atoms in total. The fourth-order valence-electron chi connectivity index (χ4n) is 1.57. The van der Waals surface area contributed by atoms with Gasteiger partial charge >= 0.3 is 0 Å². The van der Waals surface area contributed by atoms with Crippen molar-refractivity contribution in [3.63, 3.8) is 0 Å². The van der Waals surface area contributed by atoms with Gasteiger partial charge in [0, 0.05) is 6.54 Å². The Morgan fingerprint density at radius 3 is 2.55 bits per heavy atom. The predicted molar refractivity (Wildman–Crippen MR) is 44.1 cm³/mol. The molecule has 1 N–H and O–H groups in total. The minimum Gasteiger partial charge on any atom is -0.326 e. The zero-order valence-electron chi connectivity index (χ0n) is 7.42. The first kappa shape index (κ1) is 8.53. The second-order valence-corrected chi connectivity index (χ2v) is 2.94. The lowest BCUT2D eigenvalue weighted by Gasteiger charge is -2.20. The SMILES string of the molecule is CCC1NC(C)C(=O)N1CC. The topological polar surface area (TPSA) is 32.3 Å². The van der Waals surface area contributed by atoms with Crippen LogP contribution in [0.1, 0.15) is 27.2 Å². The molecule has 0 bridgehead atoms. The monoisotopic (exact) mass is 156 g/mol. The summed E-state index contributed by atoms with van der Waals surface area (Å²) in [7, 11) is 0. The number of amides is 1. The number of likely N-dealkylation sites (N-methyl/N-ethyl adjacent to an activating group) is 1. The average molecular weight is 156 g/mol. The number of hydrogen-bond acceptors (Lipinski definition) is 2. The summed E-state index contributed by atoms with van der Waals surface area (Å²) in [6.07, 6.45) is 1.26. The van der Waals surface area contributed by atoms with Gasteiger partial charge in [-0.3, -0.25) is 10.1 Å². The Morgan fingerprint density at radius 1 is 1.55 bits per heavy atom. The fraction of sp³-hybridized carbons (Fsp3) is 0.875. The molecule has 1 aliphatic rings. The number of nitrogens with one attached hydrogen (secondary N) is 1. The van der Waals surface area contributed by atoms with E-state index < -0.39 is 0 Å². The van der Waals surface area contributed by atoms with Crippen LogP contribution >= 0.6 is 0 Å². The zero-order chi connectivity index (χ0) is 8.43. The highest BCUT2D eigenvalue weighted by molar-refractivity contribution is 5.83. The summed E-state index contributed by atoms with van der Waals surface area (Å²) >= 11 is 0. The van der Waals surface area contributed by atoms with Crippen molar-refractivity contribution in [2.24, 2.45) is 0 Å². The molecular weight excluding hydrogens is 140 g/mol. The van der Waals surface area contributed by atoms with Gasteiger partial charge in [0.15, 0.2) is 0 Å². The van der Waals surface area contributed by atoms with E-state index in [1.54, 1.807) is 0 Å². The minimum atomic E-state index is 0.0138. The van der Waals surface area contributed by atoms with E-state index in [0.29, 0.717) is 0 Å². The molecule has 0 radical (unpaired) electrons. The van der Waals surface area contributed by atoms with E-state index in [1.807, 2.05) is 18.7 Å². The second-order valence-electron chi connectivity index (χ2n) is 2.94. The van der Waals surface area contributed by atoms with Crippen LogP contribution in [0.5, 0.6) is 0 Å². The summed E-state index contributed by atoms with van der Waals surface area (Å²) in [5.41, 5.74) is 0. The van der Waals surface area contributed by atoms with E-state index in [2.05, 4.69) is 12.2 Å². The largest absolute Gasteiger partial charge is 0.326 e. The van der Waals surface area contributed by atoms with Crippen LogP contribution in [0.4, 0.5) is 0 Å². The Kier molecular flexibility index (Phi) is 2.49. The van der Waals surface area contributed by atoms with Crippen LogP contribution in [-0.2, 0) is 4.79 Å². The highest BCUT2D eigenvalue weighted by atomic mass is 16.2. The molecular formula is C8H16N2O. The molecule has 11 heavy (non-hydrogen) atoms. The number of hydrogen-bond donors (Lipinski definition) is 1. The molecule has 0 aromatic rings. The molecule has 1 saturated heterocycles. The van der Waals surface area contributed by atoms with Gasteiger partial charge in [-0.15, -0.1) is 0 Å². The van der Waals surface area contributed by atoms with Crippen molar-refractivity contribution < 1.29 is 4.79 Å². The first-order chi connectivity index (χ1) is 5.20. The van der Waals surface area contributed by atoms with Crippen LogP contribution in [0.2, 0.25) is 0 Å². The van der Waals surface area contributed by atoms with E-state index in [4.69, 9.17) is 0 Å². The standard InChI is InChI=1S/C8H16N2O/c1-4-7-9-6(3)8(11)10(7)5-2/h6-7,9H,4-5H2,1-3H3. The van der Waals surface area contributed by atoms with Crippen molar-refractivity contribution in [2.75, 3.05) is 6.54 Å². The van der Waals surface area contributed by atoms with Crippen LogP contribution in [0.15, 0.2) is 0 Å². The van der Waals surface area contributed by atoms with Crippen molar-refractivity contribution in [1.29, 1.82) is 0 Å². The van der Waals surface area contributed by atoms with Crippen LogP contribution in [-0.4, -0.2) is 29.6 Å². The third-order valence-corrected chi connectivity index (χ3v) is 2.20. The summed E-state index contributed by atoms with van der Waals surface area (Å²) in [5, 5.41) is 3.23. The number of carbonyl (C=O) groups excluding carboxylic acids is 1. The lowest BCUT2D eigenvalue weighted by Crippen LogP contribution is -2.36. The molecule has 1 rings (SSSR count). The molecule has 2 atom stereocenters. The molecule has 1 amide bonds. The smallest absolute Gasteiger partial charge is 0.240 e. The van der Waals surface area contributed by atoms with E-state index in [9.17, 15) is 4.79 Å². The molecule has 0 aromatic heterocycles. The van der Waals surface area contributed by atoms with Gasteiger partial charge in [0.2, 0.25) is 5.91 Å². The van der Waals surface area contributed by atoms with Crippen LogP contribution in [0, 0.1) is 0 Å². The predicted octanol–water partition coefficient (Wildman–Crippen LogP) is 0.563. The Bertz CT molecular complexity index is 158. The maximum absolute atomic E-state index is 11.4. The highest BCUT2D eigenvalue weighted by Gasteiger charge is 2.33. The summed E-state index contributed by atoms with van der Waals surface area (Å²) in [4.78, 5) is 13.3. The maximum atomic E-state index is 11.4. The molecule has 0 spiro atoms. The van der Waals surface area contributed by atoms with Crippen LogP contribution in [0.3, 0.4) is 0 Å². The summed E-state index contributed by atoms with van der Waals surface area (Å²) < 4.78 is 0. The molecule has 0 aromatic carbocycles. The van der Waals surface area contributed by atoms with Crippen molar-refractivity contribution in [1.82, 2.24) is 10.2 Å². The molecule has 0 aliphatic carbocycles. The Morgan fingerprint density at radius 2 is 2.18 bits per heavy atom.